The molecule has 0 saturated heterocycles. The lowest BCUT2D eigenvalue weighted by Gasteiger charge is -2.08. The summed E-state index contributed by atoms with van der Waals surface area (Å²) < 4.78 is 37.3. The molecule has 0 saturated carbocycles. The molecule has 17 heavy (non-hydrogen) atoms. The molecule has 0 radical (unpaired) electrons. The van der Waals surface area contributed by atoms with Crippen LogP contribution in [-0.4, -0.2) is 9.97 Å². The molecule has 6 heteroatoms. The van der Waals surface area contributed by atoms with Crippen LogP contribution in [0.2, 0.25) is 0 Å². The highest BCUT2D eigenvalue weighted by molar-refractivity contribution is 7.71. The van der Waals surface area contributed by atoms with Gasteiger partial charge in [-0.1, -0.05) is 18.3 Å². The van der Waals surface area contributed by atoms with E-state index in [-0.39, 0.29) is 4.64 Å². The topological polar surface area (TPSA) is 28.7 Å². The summed E-state index contributed by atoms with van der Waals surface area (Å²) in [5.74, 6) is 0. The lowest BCUT2D eigenvalue weighted by Crippen LogP contribution is -2.07. The maximum Gasteiger partial charge on any atom is 0.431 e. The minimum absolute atomic E-state index is 0.0489. The summed E-state index contributed by atoms with van der Waals surface area (Å²) in [6.07, 6.45) is -1.28. The molecule has 2 rings (SSSR count). The summed E-state index contributed by atoms with van der Waals surface area (Å²) in [7, 11) is 0. The van der Waals surface area contributed by atoms with Gasteiger partial charge in [-0.2, -0.15) is 13.2 Å². The van der Waals surface area contributed by atoms with Crippen LogP contribution in [0, 0.1) is 4.64 Å². The monoisotopic (exact) mass is 256 g/mol. The fourth-order valence-electron chi connectivity index (χ4n) is 1.39. The Bertz CT molecular complexity index is 575. The van der Waals surface area contributed by atoms with Gasteiger partial charge in [-0.25, -0.2) is 0 Å². The average molecular weight is 256 g/mol. The third-order valence-electron chi connectivity index (χ3n) is 2.19. The van der Waals surface area contributed by atoms with Gasteiger partial charge in [-0.15, -0.1) is 0 Å². The van der Waals surface area contributed by atoms with E-state index in [1.54, 1.807) is 24.5 Å². The van der Waals surface area contributed by atoms with Crippen LogP contribution in [-0.2, 0) is 6.18 Å². The molecular formula is C11H7F3N2S. The van der Waals surface area contributed by atoms with Crippen LogP contribution in [0.15, 0.2) is 36.7 Å². The molecular weight excluding hydrogens is 249 g/mol. The lowest BCUT2D eigenvalue weighted by molar-refractivity contribution is -0.141. The second-order valence-corrected chi connectivity index (χ2v) is 3.76. The van der Waals surface area contributed by atoms with Crippen molar-refractivity contribution in [3.05, 3.63) is 47.0 Å². The third kappa shape index (κ3) is 2.52. The maximum absolute atomic E-state index is 12.4. The molecule has 0 unspecified atom stereocenters. The SMILES string of the molecule is FC(F)(F)c1ccc(-c2cccnc2)c(=S)[nH]1. The fourth-order valence-corrected chi connectivity index (χ4v) is 1.68. The Balaban J connectivity index is 2.51. The summed E-state index contributed by atoms with van der Waals surface area (Å²) in [4.78, 5) is 6.07. The van der Waals surface area contributed by atoms with Crippen molar-refractivity contribution in [2.24, 2.45) is 0 Å². The summed E-state index contributed by atoms with van der Waals surface area (Å²) in [6.45, 7) is 0. The first-order valence-corrected chi connectivity index (χ1v) is 5.10. The van der Waals surface area contributed by atoms with E-state index in [1.165, 1.54) is 6.07 Å². The normalized spacial score (nSPS) is 11.5. The molecule has 0 amide bonds. The Morgan fingerprint density at radius 2 is 1.94 bits per heavy atom. The standard InChI is InChI=1S/C11H7F3N2S/c12-11(13,14)9-4-3-8(10(17)16-9)7-2-1-5-15-6-7/h1-6H,(H,16,17). The van der Waals surface area contributed by atoms with Crippen LogP contribution in [0.5, 0.6) is 0 Å². The van der Waals surface area contributed by atoms with Gasteiger partial charge in [0.25, 0.3) is 0 Å². The minimum atomic E-state index is -4.42. The van der Waals surface area contributed by atoms with Crippen LogP contribution in [0.1, 0.15) is 5.69 Å². The number of aromatic amines is 1. The van der Waals surface area contributed by atoms with Gasteiger partial charge in [0.1, 0.15) is 10.3 Å². The van der Waals surface area contributed by atoms with Crippen LogP contribution >= 0.6 is 12.2 Å². The van der Waals surface area contributed by atoms with Crippen molar-refractivity contribution >= 4 is 12.2 Å². The van der Waals surface area contributed by atoms with E-state index < -0.39 is 11.9 Å². The first-order valence-electron chi connectivity index (χ1n) is 4.69. The first-order chi connectivity index (χ1) is 7.98. The zero-order valence-corrected chi connectivity index (χ0v) is 9.27. The Morgan fingerprint density at radius 1 is 1.18 bits per heavy atom. The summed E-state index contributed by atoms with van der Waals surface area (Å²) in [5, 5.41) is 0. The van der Waals surface area contributed by atoms with E-state index in [0.29, 0.717) is 11.1 Å². The van der Waals surface area contributed by atoms with Crippen LogP contribution in [0.4, 0.5) is 13.2 Å². The molecule has 0 aliphatic carbocycles. The fraction of sp³-hybridized carbons (Fsp3) is 0.0909. The predicted molar refractivity (Wildman–Crippen MR) is 59.9 cm³/mol. The van der Waals surface area contributed by atoms with Crippen molar-refractivity contribution in [1.82, 2.24) is 9.97 Å². The molecule has 0 spiro atoms. The number of nitrogens with zero attached hydrogens (tertiary/aromatic N) is 1. The number of rotatable bonds is 1. The highest BCUT2D eigenvalue weighted by Crippen LogP contribution is 2.29. The van der Waals surface area contributed by atoms with Crippen LogP contribution in [0.25, 0.3) is 11.1 Å². The molecule has 2 nitrogen and oxygen atoms in total. The van der Waals surface area contributed by atoms with Gasteiger partial charge in [-0.05, 0) is 18.2 Å². The number of hydrogen-bond acceptors (Lipinski definition) is 2. The molecule has 2 heterocycles. The molecule has 2 aromatic heterocycles. The number of alkyl halides is 3. The zero-order chi connectivity index (χ0) is 12.5. The van der Waals surface area contributed by atoms with Gasteiger partial charge in [0.15, 0.2) is 0 Å². The van der Waals surface area contributed by atoms with Crippen molar-refractivity contribution in [1.29, 1.82) is 0 Å². The number of aromatic nitrogens is 2. The van der Waals surface area contributed by atoms with Crippen molar-refractivity contribution in [2.45, 2.75) is 6.18 Å². The van der Waals surface area contributed by atoms with Crippen molar-refractivity contribution in [3.8, 4) is 11.1 Å². The molecule has 0 aliphatic rings. The highest BCUT2D eigenvalue weighted by Gasteiger charge is 2.31. The van der Waals surface area contributed by atoms with E-state index >= 15 is 0 Å². The van der Waals surface area contributed by atoms with Crippen molar-refractivity contribution in [3.63, 3.8) is 0 Å². The highest BCUT2D eigenvalue weighted by atomic mass is 32.1. The Hall–Kier alpha value is -1.69. The average Bonchev–Trinajstić information content (AvgIpc) is 2.29. The second kappa shape index (κ2) is 4.29. The van der Waals surface area contributed by atoms with E-state index in [1.807, 2.05) is 0 Å². The largest absolute Gasteiger partial charge is 0.431 e. The molecule has 0 atom stereocenters. The van der Waals surface area contributed by atoms with Gasteiger partial charge in [0.05, 0.1) is 0 Å². The van der Waals surface area contributed by atoms with E-state index in [0.717, 1.165) is 6.07 Å². The van der Waals surface area contributed by atoms with Crippen LogP contribution in [0.3, 0.4) is 0 Å². The maximum atomic E-state index is 12.4. The van der Waals surface area contributed by atoms with E-state index in [2.05, 4.69) is 9.97 Å². The molecule has 0 fully saturated rings. The zero-order valence-electron chi connectivity index (χ0n) is 8.45. The molecule has 2 aromatic rings. The first kappa shape index (κ1) is 11.8. The smallest absolute Gasteiger partial charge is 0.342 e. The Kier molecular flexibility index (Phi) is 2.97. The quantitative estimate of drug-likeness (QED) is 0.786. The summed E-state index contributed by atoms with van der Waals surface area (Å²) in [5.41, 5.74) is 0.360. The molecule has 0 aliphatic heterocycles. The van der Waals surface area contributed by atoms with Gasteiger partial charge < -0.3 is 4.98 Å². The second-order valence-electron chi connectivity index (χ2n) is 3.35. The van der Waals surface area contributed by atoms with Gasteiger partial charge in [-0.3, -0.25) is 4.98 Å². The molecule has 1 N–H and O–H groups in total. The van der Waals surface area contributed by atoms with Gasteiger partial charge in [0.2, 0.25) is 0 Å². The number of halogens is 3. The van der Waals surface area contributed by atoms with Gasteiger partial charge in [0, 0.05) is 23.5 Å². The predicted octanol–water partition coefficient (Wildman–Crippen LogP) is 3.82. The minimum Gasteiger partial charge on any atom is -0.342 e. The molecule has 0 aromatic carbocycles. The Labute approximate surface area is 100 Å². The van der Waals surface area contributed by atoms with E-state index in [9.17, 15) is 13.2 Å². The van der Waals surface area contributed by atoms with Crippen molar-refractivity contribution < 1.29 is 13.2 Å². The van der Waals surface area contributed by atoms with E-state index in [4.69, 9.17) is 12.2 Å². The van der Waals surface area contributed by atoms with Gasteiger partial charge >= 0.3 is 6.18 Å². The molecule has 88 valence electrons. The molecule has 0 bridgehead atoms. The number of nitrogens with one attached hydrogen (secondary N) is 1. The number of hydrogen-bond donors (Lipinski definition) is 1. The summed E-state index contributed by atoms with van der Waals surface area (Å²) >= 11 is 4.91. The lowest BCUT2D eigenvalue weighted by atomic mass is 10.1. The van der Waals surface area contributed by atoms with Crippen LogP contribution < -0.4 is 0 Å². The number of H-pyrrole nitrogens is 1. The van der Waals surface area contributed by atoms with Crippen molar-refractivity contribution in [2.75, 3.05) is 0 Å². The summed E-state index contributed by atoms with van der Waals surface area (Å²) in [6, 6.07) is 5.75. The number of pyridine rings is 2. The Morgan fingerprint density at radius 3 is 2.47 bits per heavy atom. The third-order valence-corrected chi connectivity index (χ3v) is 2.51.